The number of rotatable bonds is 3. The molecule has 1 saturated carbocycles. The maximum atomic E-state index is 13.2. The van der Waals surface area contributed by atoms with Gasteiger partial charge in [-0.3, -0.25) is 4.79 Å². The smallest absolute Gasteiger partial charge is 0.243 e. The van der Waals surface area contributed by atoms with Gasteiger partial charge in [-0.1, -0.05) is 12.8 Å². The van der Waals surface area contributed by atoms with Gasteiger partial charge in [-0.15, -0.1) is 0 Å². The first-order chi connectivity index (χ1) is 13.9. The summed E-state index contributed by atoms with van der Waals surface area (Å²) in [5.74, 6) is 1.15. The van der Waals surface area contributed by atoms with E-state index in [0.29, 0.717) is 37.7 Å². The van der Waals surface area contributed by atoms with Crippen LogP contribution < -0.4 is 9.64 Å². The molecule has 1 amide bonds. The van der Waals surface area contributed by atoms with Crippen LogP contribution >= 0.6 is 0 Å². The van der Waals surface area contributed by atoms with Crippen molar-refractivity contribution in [2.24, 2.45) is 5.92 Å². The van der Waals surface area contributed by atoms with E-state index in [1.165, 1.54) is 0 Å². The monoisotopic (exact) mass is 417 g/mol. The predicted molar refractivity (Wildman–Crippen MR) is 110 cm³/mol. The van der Waals surface area contributed by atoms with Crippen molar-refractivity contribution in [1.82, 2.24) is 9.21 Å². The second-order valence-electron chi connectivity index (χ2n) is 8.56. The van der Waals surface area contributed by atoms with E-state index < -0.39 is 10.0 Å². The van der Waals surface area contributed by atoms with Crippen LogP contribution in [0.4, 0.5) is 5.69 Å². The van der Waals surface area contributed by atoms with Crippen LogP contribution in [0.15, 0.2) is 34.2 Å². The number of ether oxygens (including phenoxy) is 1. The van der Waals surface area contributed by atoms with Crippen LogP contribution in [0.1, 0.15) is 25.7 Å². The number of benzene rings is 1. The molecule has 0 saturated heterocycles. The van der Waals surface area contributed by atoms with Crippen LogP contribution in [0.2, 0.25) is 0 Å². The Morgan fingerprint density at radius 1 is 1.07 bits per heavy atom. The highest BCUT2D eigenvalue weighted by Gasteiger charge is 2.39. The first-order valence-corrected chi connectivity index (χ1v) is 11.8. The fourth-order valence-electron chi connectivity index (χ4n) is 4.94. The summed E-state index contributed by atoms with van der Waals surface area (Å²) in [6.07, 6.45) is 4.28. The van der Waals surface area contributed by atoms with Gasteiger partial charge in [0.25, 0.3) is 0 Å². The molecule has 3 aliphatic heterocycles. The van der Waals surface area contributed by atoms with Gasteiger partial charge in [0.2, 0.25) is 15.9 Å². The average Bonchev–Trinajstić information content (AvgIpc) is 3.44. The fraction of sp³-hybridized carbons (Fsp3) is 0.571. The minimum Gasteiger partial charge on any atom is -0.490 e. The van der Waals surface area contributed by atoms with E-state index in [0.717, 1.165) is 54.8 Å². The van der Waals surface area contributed by atoms with E-state index in [9.17, 15) is 13.2 Å². The van der Waals surface area contributed by atoms with Gasteiger partial charge < -0.3 is 14.5 Å². The van der Waals surface area contributed by atoms with Gasteiger partial charge in [0, 0.05) is 39.1 Å². The number of hydrogen-bond donors (Lipinski definition) is 0. The first-order valence-electron chi connectivity index (χ1n) is 10.4. The number of carbonyl (C=O) groups is 1. The Hall–Kier alpha value is -2.06. The molecule has 1 aromatic carbocycles. The third kappa shape index (κ3) is 3.22. The second-order valence-corrected chi connectivity index (χ2v) is 10.5. The topological polar surface area (TPSA) is 70.2 Å². The summed E-state index contributed by atoms with van der Waals surface area (Å²) in [6.45, 7) is 3.27. The maximum Gasteiger partial charge on any atom is 0.243 e. The van der Waals surface area contributed by atoms with Crippen LogP contribution in [-0.2, 0) is 14.8 Å². The van der Waals surface area contributed by atoms with E-state index in [2.05, 4.69) is 0 Å². The van der Waals surface area contributed by atoms with Crippen LogP contribution in [0.3, 0.4) is 0 Å². The summed E-state index contributed by atoms with van der Waals surface area (Å²) in [5.41, 5.74) is 3.00. The second kappa shape index (κ2) is 7.02. The quantitative estimate of drug-likeness (QED) is 0.702. The molecule has 1 fully saturated rings. The molecule has 5 rings (SSSR count). The highest BCUT2D eigenvalue weighted by Crippen LogP contribution is 2.36. The number of nitrogens with zero attached hydrogens (tertiary/aromatic N) is 3. The Kier molecular flexibility index (Phi) is 4.58. The molecule has 29 heavy (non-hydrogen) atoms. The Bertz CT molecular complexity index is 964. The van der Waals surface area contributed by atoms with E-state index in [4.69, 9.17) is 4.74 Å². The van der Waals surface area contributed by atoms with Crippen LogP contribution in [0.25, 0.3) is 0 Å². The molecule has 0 aromatic heterocycles. The zero-order valence-electron chi connectivity index (χ0n) is 16.8. The molecule has 0 radical (unpaired) electrons. The van der Waals surface area contributed by atoms with Gasteiger partial charge in [0.05, 0.1) is 17.1 Å². The van der Waals surface area contributed by atoms with Gasteiger partial charge in [-0.2, -0.15) is 4.31 Å². The highest BCUT2D eigenvalue weighted by molar-refractivity contribution is 7.89. The molecule has 8 heteroatoms. The maximum absolute atomic E-state index is 13.2. The third-order valence-electron chi connectivity index (χ3n) is 6.68. The van der Waals surface area contributed by atoms with Crippen molar-refractivity contribution in [2.45, 2.75) is 30.6 Å². The summed E-state index contributed by atoms with van der Waals surface area (Å²) < 4.78 is 33.7. The molecule has 1 aliphatic carbocycles. The Morgan fingerprint density at radius 2 is 1.76 bits per heavy atom. The van der Waals surface area contributed by atoms with Crippen LogP contribution in [0.5, 0.6) is 5.75 Å². The summed E-state index contributed by atoms with van der Waals surface area (Å²) in [5, 5.41) is 0. The van der Waals surface area contributed by atoms with Gasteiger partial charge in [-0.05, 0) is 42.2 Å². The van der Waals surface area contributed by atoms with Gasteiger partial charge >= 0.3 is 0 Å². The normalized spacial score (nSPS) is 22.8. The lowest BCUT2D eigenvalue weighted by atomic mass is 10.1. The summed E-state index contributed by atoms with van der Waals surface area (Å²) in [7, 11) is -1.64. The zero-order valence-corrected chi connectivity index (χ0v) is 17.6. The molecule has 156 valence electrons. The number of fused-ring (bicyclic) bond motifs is 1. The largest absolute Gasteiger partial charge is 0.490 e. The molecular weight excluding hydrogens is 390 g/mol. The van der Waals surface area contributed by atoms with Gasteiger partial charge in [0.15, 0.2) is 0 Å². The molecule has 0 spiro atoms. The Morgan fingerprint density at radius 3 is 2.45 bits per heavy atom. The van der Waals surface area contributed by atoms with Crippen LogP contribution in [-0.4, -0.2) is 69.9 Å². The first kappa shape index (κ1) is 18.9. The summed E-state index contributed by atoms with van der Waals surface area (Å²) in [6, 6.07) is 5.09. The Balaban J connectivity index is 1.29. The van der Waals surface area contributed by atoms with Gasteiger partial charge in [-0.25, -0.2) is 8.42 Å². The average molecular weight is 418 g/mol. The number of anilines is 1. The molecule has 0 bridgehead atoms. The lowest BCUT2D eigenvalue weighted by molar-refractivity contribution is -0.134. The third-order valence-corrected chi connectivity index (χ3v) is 8.47. The zero-order chi connectivity index (χ0) is 20.2. The minimum absolute atomic E-state index is 0.171. The van der Waals surface area contributed by atoms with Crippen molar-refractivity contribution < 1.29 is 17.9 Å². The molecule has 7 nitrogen and oxygen atoms in total. The van der Waals surface area contributed by atoms with E-state index >= 15 is 0 Å². The fourth-order valence-corrected chi connectivity index (χ4v) is 6.39. The van der Waals surface area contributed by atoms with Crippen molar-refractivity contribution in [1.29, 1.82) is 0 Å². The van der Waals surface area contributed by atoms with E-state index in [-0.39, 0.29) is 11.8 Å². The van der Waals surface area contributed by atoms with Crippen molar-refractivity contribution >= 4 is 21.6 Å². The molecular formula is C21H27N3O4S. The molecule has 1 aromatic rings. The molecule has 0 N–H and O–H groups in total. The lowest BCUT2D eigenvalue weighted by Crippen LogP contribution is -2.38. The highest BCUT2D eigenvalue weighted by atomic mass is 32.2. The standard InChI is InChI=1S/C21H27N3O4S/c1-22-8-9-28-20-7-6-18(10-19(20)22)29(26,27)24-13-16-11-23(12-17(16)14-24)21(25)15-4-2-3-5-15/h6-7,10,15H,2-5,8-9,11-14H2,1H3. The molecule has 0 atom stereocenters. The van der Waals surface area contributed by atoms with Gasteiger partial charge in [0.1, 0.15) is 12.4 Å². The van der Waals surface area contributed by atoms with Crippen molar-refractivity contribution in [3.8, 4) is 5.75 Å². The number of likely N-dealkylation sites (N-methyl/N-ethyl adjacent to an activating group) is 1. The van der Waals surface area contributed by atoms with E-state index in [1.54, 1.807) is 22.5 Å². The predicted octanol–water partition coefficient (Wildman–Crippen LogP) is 1.85. The SMILES string of the molecule is CN1CCOc2ccc(S(=O)(=O)N3CC4=C(CN(C(=O)C5CCCC5)C4)C3)cc21. The minimum atomic E-state index is -3.59. The lowest BCUT2D eigenvalue weighted by Gasteiger charge is -2.29. The summed E-state index contributed by atoms with van der Waals surface area (Å²) in [4.78, 5) is 16.9. The summed E-state index contributed by atoms with van der Waals surface area (Å²) >= 11 is 0. The molecule has 3 heterocycles. The number of hydrogen-bond acceptors (Lipinski definition) is 5. The van der Waals surface area contributed by atoms with Crippen molar-refractivity contribution in [2.75, 3.05) is 51.3 Å². The van der Waals surface area contributed by atoms with Crippen LogP contribution in [0, 0.1) is 5.92 Å². The number of amides is 1. The van der Waals surface area contributed by atoms with E-state index in [1.807, 2.05) is 16.8 Å². The van der Waals surface area contributed by atoms with Crippen molar-refractivity contribution in [3.05, 3.63) is 29.3 Å². The molecule has 0 unspecified atom stereocenters. The number of sulfonamides is 1. The number of carbonyl (C=O) groups excluding carboxylic acids is 1. The molecule has 4 aliphatic rings. The Labute approximate surface area is 172 Å². The van der Waals surface area contributed by atoms with Crippen molar-refractivity contribution in [3.63, 3.8) is 0 Å².